The van der Waals surface area contributed by atoms with E-state index in [1.807, 2.05) is 4.90 Å². The third-order valence-electron chi connectivity index (χ3n) is 5.89. The largest absolute Gasteiger partial charge is 0.337 e. The first kappa shape index (κ1) is 16.2. The van der Waals surface area contributed by atoms with Gasteiger partial charge in [0.05, 0.1) is 6.20 Å². The van der Waals surface area contributed by atoms with Crippen LogP contribution in [0.1, 0.15) is 46.9 Å². The quantitative estimate of drug-likeness (QED) is 0.846. The van der Waals surface area contributed by atoms with Crippen LogP contribution in [0.25, 0.3) is 0 Å². The molecule has 1 unspecified atom stereocenters. The maximum absolute atomic E-state index is 12.6. The van der Waals surface area contributed by atoms with Crippen molar-refractivity contribution in [2.24, 2.45) is 0 Å². The molecule has 0 saturated carbocycles. The maximum Gasteiger partial charge on any atom is 0.274 e. The minimum absolute atomic E-state index is 0.00149. The summed E-state index contributed by atoms with van der Waals surface area (Å²) in [5.41, 5.74) is 3.59. The van der Waals surface area contributed by atoms with Crippen LogP contribution < -0.4 is 0 Å². The number of rotatable bonds is 2. The molecule has 1 saturated heterocycles. The smallest absolute Gasteiger partial charge is 0.274 e. The van der Waals surface area contributed by atoms with E-state index in [0.717, 1.165) is 32.4 Å². The molecule has 1 aliphatic carbocycles. The highest BCUT2D eigenvalue weighted by molar-refractivity contribution is 5.92. The van der Waals surface area contributed by atoms with Crippen LogP contribution in [-0.2, 0) is 5.41 Å². The van der Waals surface area contributed by atoms with E-state index in [1.165, 1.54) is 11.1 Å². The minimum atomic E-state index is -0.00149. The van der Waals surface area contributed by atoms with Gasteiger partial charge in [0, 0.05) is 36.9 Å². The molecule has 0 radical (unpaired) electrons. The van der Waals surface area contributed by atoms with E-state index in [9.17, 15) is 4.79 Å². The van der Waals surface area contributed by atoms with Crippen molar-refractivity contribution >= 4 is 5.91 Å². The number of likely N-dealkylation sites (tertiary alicyclic amines) is 1. The maximum atomic E-state index is 12.6. The summed E-state index contributed by atoms with van der Waals surface area (Å²) >= 11 is 0. The molecule has 5 heteroatoms. The molecule has 4 rings (SSSR count). The Morgan fingerprint density at radius 2 is 1.96 bits per heavy atom. The second-order valence-electron chi connectivity index (χ2n) is 7.43. The summed E-state index contributed by atoms with van der Waals surface area (Å²) in [6.07, 6.45) is 7.90. The van der Waals surface area contributed by atoms with Gasteiger partial charge in [0.2, 0.25) is 0 Å². The van der Waals surface area contributed by atoms with Gasteiger partial charge in [0.1, 0.15) is 5.69 Å². The van der Waals surface area contributed by atoms with Gasteiger partial charge in [0.15, 0.2) is 0 Å². The molecule has 1 aromatic heterocycles. The van der Waals surface area contributed by atoms with Crippen LogP contribution in [0.5, 0.6) is 0 Å². The standard InChI is InChI=1S/C20H24N4O/c1-23(2)18-13-20(16-6-4-3-5-15(16)18)7-11-24(12-8-20)19(25)17-14-21-9-10-22-17/h3-6,9-10,14,18H,7-8,11-13H2,1-2H3. The number of fused-ring (bicyclic) bond motifs is 2. The Balaban J connectivity index is 1.55. The number of amides is 1. The molecule has 2 aliphatic rings. The molecule has 5 nitrogen and oxygen atoms in total. The fourth-order valence-corrected chi connectivity index (χ4v) is 4.50. The number of hydrogen-bond donors (Lipinski definition) is 0. The van der Waals surface area contributed by atoms with Crippen molar-refractivity contribution in [3.8, 4) is 0 Å². The van der Waals surface area contributed by atoms with E-state index in [4.69, 9.17) is 0 Å². The molecular weight excluding hydrogens is 312 g/mol. The topological polar surface area (TPSA) is 49.3 Å². The third kappa shape index (κ3) is 2.72. The molecule has 1 fully saturated rings. The molecule has 130 valence electrons. The predicted molar refractivity (Wildman–Crippen MR) is 96.3 cm³/mol. The van der Waals surface area contributed by atoms with Gasteiger partial charge in [-0.05, 0) is 44.5 Å². The number of hydrogen-bond acceptors (Lipinski definition) is 4. The summed E-state index contributed by atoms with van der Waals surface area (Å²) in [5, 5.41) is 0. The number of nitrogens with zero attached hydrogens (tertiary/aromatic N) is 4. The SMILES string of the molecule is CN(C)C1CC2(CCN(C(=O)c3cnccn3)CC2)c2ccccc21. The van der Waals surface area contributed by atoms with Gasteiger partial charge in [-0.15, -0.1) is 0 Å². The average Bonchev–Trinajstić information content (AvgIpc) is 2.97. The van der Waals surface area contributed by atoms with Crippen molar-refractivity contribution in [3.63, 3.8) is 0 Å². The first-order chi connectivity index (χ1) is 12.1. The average molecular weight is 336 g/mol. The Kier molecular flexibility index (Phi) is 4.04. The summed E-state index contributed by atoms with van der Waals surface area (Å²) in [6, 6.07) is 9.32. The van der Waals surface area contributed by atoms with Crippen molar-refractivity contribution in [2.45, 2.75) is 30.7 Å². The van der Waals surface area contributed by atoms with E-state index in [1.54, 1.807) is 18.6 Å². The van der Waals surface area contributed by atoms with Crippen LogP contribution in [0.3, 0.4) is 0 Å². The van der Waals surface area contributed by atoms with E-state index >= 15 is 0 Å². The molecule has 0 bridgehead atoms. The number of carbonyl (C=O) groups is 1. The van der Waals surface area contributed by atoms with Crippen molar-refractivity contribution in [2.75, 3.05) is 27.2 Å². The van der Waals surface area contributed by atoms with Gasteiger partial charge in [-0.2, -0.15) is 0 Å². The summed E-state index contributed by atoms with van der Waals surface area (Å²) in [6.45, 7) is 1.56. The number of benzene rings is 1. The van der Waals surface area contributed by atoms with Crippen molar-refractivity contribution < 1.29 is 4.79 Å². The molecule has 1 atom stereocenters. The fourth-order valence-electron chi connectivity index (χ4n) is 4.50. The predicted octanol–water partition coefficient (Wildman–Crippen LogP) is 2.66. The van der Waals surface area contributed by atoms with Crippen LogP contribution in [-0.4, -0.2) is 52.9 Å². The van der Waals surface area contributed by atoms with Crippen molar-refractivity contribution in [1.29, 1.82) is 0 Å². The monoisotopic (exact) mass is 336 g/mol. The van der Waals surface area contributed by atoms with Crippen LogP contribution >= 0.6 is 0 Å². The summed E-state index contributed by atoms with van der Waals surface area (Å²) < 4.78 is 0. The molecule has 1 spiro atoms. The summed E-state index contributed by atoms with van der Waals surface area (Å²) in [4.78, 5) is 25.1. The van der Waals surface area contributed by atoms with E-state index < -0.39 is 0 Å². The van der Waals surface area contributed by atoms with Gasteiger partial charge in [0.25, 0.3) is 5.91 Å². The molecule has 1 aromatic carbocycles. The molecule has 1 amide bonds. The second kappa shape index (κ2) is 6.23. The van der Waals surface area contributed by atoms with Crippen molar-refractivity contribution in [3.05, 3.63) is 59.7 Å². The second-order valence-corrected chi connectivity index (χ2v) is 7.43. The van der Waals surface area contributed by atoms with Gasteiger partial charge in [-0.1, -0.05) is 24.3 Å². The molecule has 1 aliphatic heterocycles. The van der Waals surface area contributed by atoms with Crippen LogP contribution in [0.4, 0.5) is 0 Å². The Bertz CT molecular complexity index is 766. The number of piperidine rings is 1. The Morgan fingerprint density at radius 3 is 2.64 bits per heavy atom. The number of carbonyl (C=O) groups excluding carboxylic acids is 1. The molecular formula is C20H24N4O. The lowest BCUT2D eigenvalue weighted by molar-refractivity contribution is 0.0646. The lowest BCUT2D eigenvalue weighted by Crippen LogP contribution is -2.44. The minimum Gasteiger partial charge on any atom is -0.337 e. The highest BCUT2D eigenvalue weighted by atomic mass is 16.2. The van der Waals surface area contributed by atoms with Crippen LogP contribution in [0.2, 0.25) is 0 Å². The van der Waals surface area contributed by atoms with E-state index in [2.05, 4.69) is 53.2 Å². The van der Waals surface area contributed by atoms with Crippen LogP contribution in [0.15, 0.2) is 42.9 Å². The first-order valence-corrected chi connectivity index (χ1v) is 8.92. The Labute approximate surface area is 148 Å². The lowest BCUT2D eigenvalue weighted by atomic mass is 9.73. The normalized spacial score (nSPS) is 21.6. The number of aromatic nitrogens is 2. The Hall–Kier alpha value is -2.27. The Morgan fingerprint density at radius 1 is 1.20 bits per heavy atom. The van der Waals surface area contributed by atoms with Gasteiger partial charge in [-0.3, -0.25) is 9.78 Å². The molecule has 25 heavy (non-hydrogen) atoms. The molecule has 0 N–H and O–H groups in total. The fraction of sp³-hybridized carbons (Fsp3) is 0.450. The van der Waals surface area contributed by atoms with Crippen molar-refractivity contribution in [1.82, 2.24) is 19.8 Å². The summed E-state index contributed by atoms with van der Waals surface area (Å²) in [5.74, 6) is -0.00149. The van der Waals surface area contributed by atoms with E-state index in [-0.39, 0.29) is 11.3 Å². The van der Waals surface area contributed by atoms with Gasteiger partial charge < -0.3 is 9.80 Å². The lowest BCUT2D eigenvalue weighted by Gasteiger charge is -2.40. The highest BCUT2D eigenvalue weighted by Crippen LogP contribution is 2.52. The highest BCUT2D eigenvalue weighted by Gasteiger charge is 2.46. The first-order valence-electron chi connectivity index (χ1n) is 8.92. The molecule has 2 aromatic rings. The molecule has 2 heterocycles. The van der Waals surface area contributed by atoms with Gasteiger partial charge >= 0.3 is 0 Å². The van der Waals surface area contributed by atoms with Gasteiger partial charge in [-0.25, -0.2) is 4.98 Å². The third-order valence-corrected chi connectivity index (χ3v) is 5.89. The zero-order valence-corrected chi connectivity index (χ0v) is 14.9. The zero-order valence-electron chi connectivity index (χ0n) is 14.9. The zero-order chi connectivity index (χ0) is 17.4. The summed E-state index contributed by atoms with van der Waals surface area (Å²) in [7, 11) is 4.32. The van der Waals surface area contributed by atoms with Crippen LogP contribution in [0, 0.1) is 0 Å². The van der Waals surface area contributed by atoms with E-state index in [0.29, 0.717) is 11.7 Å².